The Balaban J connectivity index is 1.52. The van der Waals surface area contributed by atoms with Crippen LogP contribution in [-0.4, -0.2) is 24.8 Å². The summed E-state index contributed by atoms with van der Waals surface area (Å²) in [5, 5.41) is 0. The van der Waals surface area contributed by atoms with Crippen molar-refractivity contribution in [2.75, 3.05) is 11.7 Å². The Labute approximate surface area is 140 Å². The maximum absolute atomic E-state index is 12.9. The van der Waals surface area contributed by atoms with Crippen molar-refractivity contribution in [3.63, 3.8) is 0 Å². The van der Waals surface area contributed by atoms with Gasteiger partial charge in [-0.25, -0.2) is 0 Å². The van der Waals surface area contributed by atoms with E-state index in [0.717, 1.165) is 12.1 Å². The maximum atomic E-state index is 12.9. The van der Waals surface area contributed by atoms with Gasteiger partial charge in [-0.15, -0.1) is 0 Å². The van der Waals surface area contributed by atoms with Gasteiger partial charge in [-0.05, 0) is 44.0 Å². The highest BCUT2D eigenvalue weighted by atomic mass is 16.7. The highest BCUT2D eigenvalue weighted by molar-refractivity contribution is 5.99. The molecule has 0 N–H and O–H groups in total. The van der Waals surface area contributed by atoms with Crippen LogP contribution in [0.2, 0.25) is 0 Å². The predicted molar refractivity (Wildman–Crippen MR) is 89.7 cm³/mol. The Morgan fingerprint density at radius 2 is 2.00 bits per heavy atom. The van der Waals surface area contributed by atoms with Crippen molar-refractivity contribution >= 4 is 11.6 Å². The SMILES string of the molecule is CC(Oc1ccc2c(c1)OCO2)C(=O)N1c2ccccc2CC1C. The molecule has 0 fully saturated rings. The van der Waals surface area contributed by atoms with Crippen molar-refractivity contribution in [1.29, 1.82) is 0 Å². The second kappa shape index (κ2) is 5.74. The first-order valence-corrected chi connectivity index (χ1v) is 8.11. The molecule has 0 spiro atoms. The predicted octanol–water partition coefficient (Wildman–Crippen LogP) is 3.16. The van der Waals surface area contributed by atoms with Gasteiger partial charge in [0.05, 0.1) is 0 Å². The Hall–Kier alpha value is -2.69. The second-order valence-corrected chi connectivity index (χ2v) is 6.17. The van der Waals surface area contributed by atoms with E-state index in [1.165, 1.54) is 5.56 Å². The van der Waals surface area contributed by atoms with Gasteiger partial charge in [0.15, 0.2) is 17.6 Å². The van der Waals surface area contributed by atoms with Crippen LogP contribution in [0.25, 0.3) is 0 Å². The number of ether oxygens (including phenoxy) is 3. The summed E-state index contributed by atoms with van der Waals surface area (Å²) in [6.07, 6.45) is 0.289. The molecule has 0 radical (unpaired) electrons. The normalized spacial score (nSPS) is 19.1. The van der Waals surface area contributed by atoms with Gasteiger partial charge in [-0.3, -0.25) is 4.79 Å². The van der Waals surface area contributed by atoms with Gasteiger partial charge in [0.25, 0.3) is 5.91 Å². The van der Waals surface area contributed by atoms with Gasteiger partial charge in [-0.1, -0.05) is 18.2 Å². The van der Waals surface area contributed by atoms with E-state index in [1.807, 2.05) is 23.1 Å². The Kier molecular flexibility index (Phi) is 3.56. The lowest BCUT2D eigenvalue weighted by molar-refractivity contribution is -0.124. The molecule has 2 unspecified atom stereocenters. The summed E-state index contributed by atoms with van der Waals surface area (Å²) in [5.41, 5.74) is 2.18. The third-order valence-electron chi connectivity index (χ3n) is 4.45. The number of hydrogen-bond acceptors (Lipinski definition) is 4. The van der Waals surface area contributed by atoms with Crippen LogP contribution in [0.3, 0.4) is 0 Å². The first kappa shape index (κ1) is 14.9. The van der Waals surface area contributed by atoms with Crippen molar-refractivity contribution in [2.24, 2.45) is 0 Å². The number of carbonyl (C=O) groups excluding carboxylic acids is 1. The Bertz CT molecular complexity index is 789. The van der Waals surface area contributed by atoms with E-state index in [2.05, 4.69) is 13.0 Å². The van der Waals surface area contributed by atoms with Gasteiger partial charge in [0, 0.05) is 17.8 Å². The third-order valence-corrected chi connectivity index (χ3v) is 4.45. The highest BCUT2D eigenvalue weighted by Gasteiger charge is 2.34. The number of anilines is 1. The van der Waals surface area contributed by atoms with Gasteiger partial charge in [0.1, 0.15) is 5.75 Å². The number of nitrogens with zero attached hydrogens (tertiary/aromatic N) is 1. The van der Waals surface area contributed by atoms with Crippen LogP contribution >= 0.6 is 0 Å². The lowest BCUT2D eigenvalue weighted by Gasteiger charge is -2.26. The standard InChI is InChI=1S/C19H19NO4/c1-12-9-14-5-3-4-6-16(14)20(12)19(21)13(2)24-15-7-8-17-18(10-15)23-11-22-17/h3-8,10,12-13H,9,11H2,1-2H3. The van der Waals surface area contributed by atoms with Gasteiger partial charge < -0.3 is 19.1 Å². The summed E-state index contributed by atoms with van der Waals surface area (Å²) < 4.78 is 16.5. The minimum Gasteiger partial charge on any atom is -0.481 e. The summed E-state index contributed by atoms with van der Waals surface area (Å²) in [4.78, 5) is 14.7. The van der Waals surface area contributed by atoms with Crippen LogP contribution < -0.4 is 19.1 Å². The highest BCUT2D eigenvalue weighted by Crippen LogP contribution is 2.36. The minimum atomic E-state index is -0.584. The van der Waals surface area contributed by atoms with Crippen LogP contribution in [-0.2, 0) is 11.2 Å². The molecule has 0 saturated heterocycles. The molecule has 2 aliphatic heterocycles. The molecule has 2 aliphatic rings. The molecule has 0 bridgehead atoms. The Morgan fingerprint density at radius 3 is 2.88 bits per heavy atom. The molecule has 24 heavy (non-hydrogen) atoms. The number of rotatable bonds is 3. The fraction of sp³-hybridized carbons (Fsp3) is 0.316. The van der Waals surface area contributed by atoms with Crippen molar-refractivity contribution in [2.45, 2.75) is 32.4 Å². The molecule has 124 valence electrons. The van der Waals surface area contributed by atoms with E-state index in [4.69, 9.17) is 14.2 Å². The zero-order valence-corrected chi connectivity index (χ0v) is 13.7. The zero-order valence-electron chi connectivity index (χ0n) is 13.7. The molecule has 2 atom stereocenters. The fourth-order valence-electron chi connectivity index (χ4n) is 3.30. The topological polar surface area (TPSA) is 48.0 Å². The summed E-state index contributed by atoms with van der Waals surface area (Å²) in [7, 11) is 0. The molecule has 4 rings (SSSR count). The second-order valence-electron chi connectivity index (χ2n) is 6.17. The summed E-state index contributed by atoms with van der Waals surface area (Å²) in [5.74, 6) is 1.90. The molecular formula is C19H19NO4. The van der Waals surface area contributed by atoms with Crippen molar-refractivity contribution in [1.82, 2.24) is 0 Å². The van der Waals surface area contributed by atoms with Crippen molar-refractivity contribution in [3.8, 4) is 17.2 Å². The molecular weight excluding hydrogens is 306 g/mol. The number of carbonyl (C=O) groups is 1. The number of amides is 1. The Morgan fingerprint density at radius 1 is 1.21 bits per heavy atom. The maximum Gasteiger partial charge on any atom is 0.268 e. The first-order valence-electron chi connectivity index (χ1n) is 8.11. The molecule has 1 amide bonds. The average Bonchev–Trinajstić information content (AvgIpc) is 3.16. The molecule has 0 aliphatic carbocycles. The lowest BCUT2D eigenvalue weighted by atomic mass is 10.1. The van der Waals surface area contributed by atoms with Gasteiger partial charge in [0.2, 0.25) is 6.79 Å². The first-order chi connectivity index (χ1) is 11.6. The molecule has 2 heterocycles. The van der Waals surface area contributed by atoms with Gasteiger partial charge >= 0.3 is 0 Å². The van der Waals surface area contributed by atoms with E-state index in [-0.39, 0.29) is 18.7 Å². The number of hydrogen-bond donors (Lipinski definition) is 0. The average molecular weight is 325 g/mol. The molecule has 5 nitrogen and oxygen atoms in total. The van der Waals surface area contributed by atoms with Gasteiger partial charge in [-0.2, -0.15) is 0 Å². The summed E-state index contributed by atoms with van der Waals surface area (Å²) in [6.45, 7) is 4.06. The monoisotopic (exact) mass is 325 g/mol. The van der Waals surface area contributed by atoms with Crippen LogP contribution in [0.4, 0.5) is 5.69 Å². The zero-order chi connectivity index (χ0) is 16.7. The van der Waals surface area contributed by atoms with Crippen LogP contribution in [0.5, 0.6) is 17.2 Å². The van der Waals surface area contributed by atoms with Crippen molar-refractivity contribution in [3.05, 3.63) is 48.0 Å². The van der Waals surface area contributed by atoms with Crippen LogP contribution in [0.1, 0.15) is 19.4 Å². The lowest BCUT2D eigenvalue weighted by Crippen LogP contribution is -2.43. The molecule has 0 aromatic heterocycles. The molecule has 2 aromatic rings. The van der Waals surface area contributed by atoms with E-state index in [0.29, 0.717) is 17.2 Å². The van der Waals surface area contributed by atoms with Crippen LogP contribution in [0.15, 0.2) is 42.5 Å². The fourth-order valence-corrected chi connectivity index (χ4v) is 3.30. The van der Waals surface area contributed by atoms with Crippen molar-refractivity contribution < 1.29 is 19.0 Å². The van der Waals surface area contributed by atoms with E-state index >= 15 is 0 Å². The quantitative estimate of drug-likeness (QED) is 0.870. The molecule has 5 heteroatoms. The van der Waals surface area contributed by atoms with E-state index < -0.39 is 6.10 Å². The number of para-hydroxylation sites is 1. The molecule has 2 aromatic carbocycles. The third kappa shape index (κ3) is 2.46. The largest absolute Gasteiger partial charge is 0.481 e. The van der Waals surface area contributed by atoms with E-state index in [9.17, 15) is 4.79 Å². The number of benzene rings is 2. The summed E-state index contributed by atoms with van der Waals surface area (Å²) >= 11 is 0. The smallest absolute Gasteiger partial charge is 0.268 e. The van der Waals surface area contributed by atoms with E-state index in [1.54, 1.807) is 25.1 Å². The summed E-state index contributed by atoms with van der Waals surface area (Å²) in [6, 6.07) is 13.5. The van der Waals surface area contributed by atoms with Crippen LogP contribution in [0, 0.1) is 0 Å². The molecule has 0 saturated carbocycles. The minimum absolute atomic E-state index is 0.0369. The number of fused-ring (bicyclic) bond motifs is 2.